The third kappa shape index (κ3) is 3.40. The fourth-order valence-corrected chi connectivity index (χ4v) is 7.06. The van der Waals surface area contributed by atoms with Crippen molar-refractivity contribution in [3.63, 3.8) is 0 Å². The van der Waals surface area contributed by atoms with Crippen LogP contribution in [0.15, 0.2) is 0 Å². The summed E-state index contributed by atoms with van der Waals surface area (Å²) in [5.41, 5.74) is -0.722. The lowest BCUT2D eigenvalue weighted by Gasteiger charge is -2.47. The largest absolute Gasteiger partial charge is 0.381 e. The topological polar surface area (TPSA) is 70.2 Å². The fraction of sp³-hybridized carbons (Fsp3) is 0.950. The highest BCUT2D eigenvalue weighted by Gasteiger charge is 2.66. The third-order valence-corrected chi connectivity index (χ3v) is 9.16. The summed E-state index contributed by atoms with van der Waals surface area (Å²) in [4.78, 5) is 17.9. The number of hydrogen-bond acceptors (Lipinski definition) is 5. The average molecular weight is 414 g/mol. The van der Waals surface area contributed by atoms with Crippen molar-refractivity contribution in [2.45, 2.75) is 39.0 Å². The lowest BCUT2D eigenvalue weighted by Crippen LogP contribution is -2.53. The molecule has 1 unspecified atom stereocenters. The van der Waals surface area contributed by atoms with Crippen molar-refractivity contribution in [1.29, 1.82) is 0 Å². The molecule has 7 nitrogen and oxygen atoms in total. The van der Waals surface area contributed by atoms with E-state index in [1.165, 1.54) is 6.26 Å². The zero-order valence-corrected chi connectivity index (χ0v) is 18.2. The standard InChI is InChI=1S/C20H35N3O4S/c1-3-22-11-8-20(18(22)24)16-23(28(2,25)26)15-19(20)6-9-21(10-7-19)14-17-4-12-27-13-5-17/h17H,3-16H2,1-2H3. The minimum absolute atomic E-state index is 0.194. The number of hydrogen-bond donors (Lipinski definition) is 0. The van der Waals surface area contributed by atoms with Gasteiger partial charge < -0.3 is 14.5 Å². The molecule has 1 atom stereocenters. The van der Waals surface area contributed by atoms with Crippen molar-refractivity contribution < 1.29 is 17.9 Å². The van der Waals surface area contributed by atoms with Gasteiger partial charge >= 0.3 is 0 Å². The normalized spacial score (nSPS) is 32.8. The molecule has 0 aliphatic carbocycles. The van der Waals surface area contributed by atoms with E-state index in [1.807, 2.05) is 11.8 Å². The summed E-state index contributed by atoms with van der Waals surface area (Å²) in [6.07, 6.45) is 6.20. The highest BCUT2D eigenvalue weighted by molar-refractivity contribution is 7.88. The van der Waals surface area contributed by atoms with Crippen LogP contribution in [0.1, 0.15) is 39.0 Å². The minimum atomic E-state index is -3.29. The third-order valence-electron chi connectivity index (χ3n) is 7.97. The van der Waals surface area contributed by atoms with E-state index < -0.39 is 15.4 Å². The number of fused-ring (bicyclic) bond motifs is 1. The van der Waals surface area contributed by atoms with Crippen LogP contribution in [0.3, 0.4) is 0 Å². The van der Waals surface area contributed by atoms with Crippen LogP contribution in [0.4, 0.5) is 0 Å². The van der Waals surface area contributed by atoms with Gasteiger partial charge in [0.25, 0.3) is 0 Å². The zero-order valence-electron chi connectivity index (χ0n) is 17.4. The summed E-state index contributed by atoms with van der Waals surface area (Å²) in [5, 5.41) is 0. The Labute approximate surface area is 169 Å². The van der Waals surface area contributed by atoms with Crippen LogP contribution in [-0.4, -0.2) is 93.7 Å². The molecule has 0 aromatic rings. The molecule has 0 saturated carbocycles. The van der Waals surface area contributed by atoms with Crippen LogP contribution >= 0.6 is 0 Å². The quantitative estimate of drug-likeness (QED) is 0.688. The summed E-state index contributed by atoms with van der Waals surface area (Å²) in [6, 6.07) is 0. The Bertz CT molecular complexity index is 698. The lowest BCUT2D eigenvalue weighted by molar-refractivity contribution is -0.142. The molecule has 0 bridgehead atoms. The van der Waals surface area contributed by atoms with Crippen molar-refractivity contribution in [2.75, 3.05) is 65.3 Å². The number of piperidine rings is 1. The van der Waals surface area contributed by atoms with Crippen LogP contribution in [0.25, 0.3) is 0 Å². The molecule has 4 aliphatic rings. The van der Waals surface area contributed by atoms with Gasteiger partial charge in [-0.3, -0.25) is 4.79 Å². The van der Waals surface area contributed by atoms with Gasteiger partial charge in [0.1, 0.15) is 0 Å². The number of nitrogens with zero attached hydrogens (tertiary/aromatic N) is 3. The molecule has 4 rings (SSSR count). The summed E-state index contributed by atoms with van der Waals surface area (Å²) < 4.78 is 31.8. The van der Waals surface area contributed by atoms with Gasteiger partial charge in [0.2, 0.25) is 15.9 Å². The van der Waals surface area contributed by atoms with Crippen molar-refractivity contribution in [3.05, 3.63) is 0 Å². The van der Waals surface area contributed by atoms with Gasteiger partial charge in [-0.05, 0) is 58.0 Å². The molecule has 4 aliphatic heterocycles. The maximum Gasteiger partial charge on any atom is 0.230 e. The Kier molecular flexibility index (Phi) is 5.53. The minimum Gasteiger partial charge on any atom is -0.381 e. The van der Waals surface area contributed by atoms with E-state index in [9.17, 15) is 13.2 Å². The van der Waals surface area contributed by atoms with Gasteiger partial charge in [-0.2, -0.15) is 0 Å². The van der Waals surface area contributed by atoms with E-state index in [4.69, 9.17) is 4.74 Å². The Balaban J connectivity index is 1.52. The first kappa shape index (κ1) is 20.6. The number of ether oxygens (including phenoxy) is 1. The van der Waals surface area contributed by atoms with E-state index >= 15 is 0 Å². The van der Waals surface area contributed by atoms with Crippen molar-refractivity contribution in [1.82, 2.24) is 14.1 Å². The second-order valence-corrected chi connectivity index (χ2v) is 11.4. The molecule has 28 heavy (non-hydrogen) atoms. The lowest BCUT2D eigenvalue weighted by atomic mass is 9.60. The van der Waals surface area contributed by atoms with Gasteiger partial charge in [-0.15, -0.1) is 0 Å². The van der Waals surface area contributed by atoms with Gasteiger partial charge in [-0.25, -0.2) is 12.7 Å². The van der Waals surface area contributed by atoms with Gasteiger partial charge in [0.05, 0.1) is 11.7 Å². The van der Waals surface area contributed by atoms with E-state index in [1.54, 1.807) is 4.31 Å². The Hall–Kier alpha value is -0.700. The Morgan fingerprint density at radius 3 is 2.32 bits per heavy atom. The molecular weight excluding hydrogens is 378 g/mol. The number of sulfonamides is 1. The second kappa shape index (κ2) is 7.52. The smallest absolute Gasteiger partial charge is 0.230 e. The van der Waals surface area contributed by atoms with E-state index in [0.29, 0.717) is 25.6 Å². The molecule has 4 saturated heterocycles. The van der Waals surface area contributed by atoms with Crippen LogP contribution in [0.2, 0.25) is 0 Å². The first-order chi connectivity index (χ1) is 13.3. The van der Waals surface area contributed by atoms with Gasteiger partial charge in [-0.1, -0.05) is 0 Å². The molecule has 8 heteroatoms. The number of rotatable bonds is 4. The van der Waals surface area contributed by atoms with Crippen molar-refractivity contribution in [3.8, 4) is 0 Å². The number of amides is 1. The Morgan fingerprint density at radius 2 is 1.75 bits per heavy atom. The number of likely N-dealkylation sites (tertiary alicyclic amines) is 2. The summed E-state index contributed by atoms with van der Waals surface area (Å²) in [7, 11) is -3.29. The molecule has 4 heterocycles. The zero-order chi connectivity index (χ0) is 20.0. The second-order valence-electron chi connectivity index (χ2n) is 9.38. The maximum absolute atomic E-state index is 13.4. The highest BCUT2D eigenvalue weighted by Crippen LogP contribution is 2.58. The van der Waals surface area contributed by atoms with Crippen LogP contribution in [-0.2, 0) is 19.6 Å². The number of carbonyl (C=O) groups is 1. The summed E-state index contributed by atoms with van der Waals surface area (Å²) in [6.45, 7) is 9.17. The van der Waals surface area contributed by atoms with E-state index in [2.05, 4.69) is 4.90 Å². The average Bonchev–Trinajstić information content (AvgIpc) is 3.17. The molecule has 160 valence electrons. The van der Waals surface area contributed by atoms with E-state index in [0.717, 1.165) is 71.5 Å². The first-order valence-electron chi connectivity index (χ1n) is 10.8. The molecule has 1 amide bonds. The fourth-order valence-electron chi connectivity index (χ4n) is 6.12. The molecule has 0 aromatic heterocycles. The molecule has 0 radical (unpaired) electrons. The predicted molar refractivity (Wildman–Crippen MR) is 107 cm³/mol. The van der Waals surface area contributed by atoms with Crippen LogP contribution in [0.5, 0.6) is 0 Å². The SMILES string of the molecule is CCN1CCC2(CN(S(C)(=O)=O)CC23CCN(CC2CCOCC2)CC3)C1=O. The van der Waals surface area contributed by atoms with Crippen LogP contribution < -0.4 is 0 Å². The summed E-state index contributed by atoms with van der Waals surface area (Å²) >= 11 is 0. The molecular formula is C20H35N3O4S. The summed E-state index contributed by atoms with van der Waals surface area (Å²) in [5.74, 6) is 0.899. The molecule has 2 spiro atoms. The first-order valence-corrected chi connectivity index (χ1v) is 12.7. The highest BCUT2D eigenvalue weighted by atomic mass is 32.2. The van der Waals surface area contributed by atoms with E-state index in [-0.39, 0.29) is 11.3 Å². The van der Waals surface area contributed by atoms with Gasteiger partial charge in [0, 0.05) is 51.4 Å². The Morgan fingerprint density at radius 1 is 1.07 bits per heavy atom. The maximum atomic E-state index is 13.4. The van der Waals surface area contributed by atoms with Crippen molar-refractivity contribution >= 4 is 15.9 Å². The molecule has 4 fully saturated rings. The van der Waals surface area contributed by atoms with Crippen LogP contribution in [0, 0.1) is 16.7 Å². The van der Waals surface area contributed by atoms with Gasteiger partial charge in [0.15, 0.2) is 0 Å². The number of carbonyl (C=O) groups excluding carboxylic acids is 1. The molecule has 0 N–H and O–H groups in total. The predicted octanol–water partition coefficient (Wildman–Crippen LogP) is 1.01. The van der Waals surface area contributed by atoms with Crippen molar-refractivity contribution in [2.24, 2.45) is 16.7 Å². The monoisotopic (exact) mass is 413 g/mol. The molecule has 0 aromatic carbocycles.